The van der Waals surface area contributed by atoms with E-state index in [0.29, 0.717) is 17.4 Å². The quantitative estimate of drug-likeness (QED) is 0.752. The summed E-state index contributed by atoms with van der Waals surface area (Å²) in [5.74, 6) is 0.585. The number of sulfonamides is 1. The van der Waals surface area contributed by atoms with Gasteiger partial charge in [-0.1, -0.05) is 30.4 Å². The number of allylic oxidation sites excluding steroid dienone is 1. The van der Waals surface area contributed by atoms with E-state index in [1.807, 2.05) is 12.1 Å². The largest absolute Gasteiger partial charge is 0.243 e. The molecule has 90 valence electrons. The molecule has 1 aromatic rings. The van der Waals surface area contributed by atoms with Crippen LogP contribution in [-0.2, 0) is 10.0 Å². The van der Waals surface area contributed by atoms with E-state index < -0.39 is 10.0 Å². The Balaban J connectivity index is 1.96. The highest BCUT2D eigenvalue weighted by Gasteiger charge is 2.37. The molecule has 0 radical (unpaired) electrons. The fourth-order valence-corrected chi connectivity index (χ4v) is 4.30. The molecule has 17 heavy (non-hydrogen) atoms. The minimum absolute atomic E-state index is 0.0685. The molecule has 0 saturated carbocycles. The molecule has 3 nitrogen and oxygen atoms in total. The van der Waals surface area contributed by atoms with Crippen LogP contribution in [-0.4, -0.2) is 25.3 Å². The Labute approximate surface area is 102 Å². The molecule has 0 amide bonds. The lowest BCUT2D eigenvalue weighted by molar-refractivity contribution is 0.275. The highest BCUT2D eigenvalue weighted by atomic mass is 32.2. The molecule has 1 fully saturated rings. The summed E-state index contributed by atoms with van der Waals surface area (Å²) in [6.07, 6.45) is 6.09. The van der Waals surface area contributed by atoms with Gasteiger partial charge in [0.15, 0.2) is 0 Å². The summed E-state index contributed by atoms with van der Waals surface area (Å²) in [5, 5.41) is 0. The average molecular weight is 249 g/mol. The van der Waals surface area contributed by atoms with Crippen molar-refractivity contribution < 1.29 is 8.42 Å². The van der Waals surface area contributed by atoms with Crippen LogP contribution >= 0.6 is 0 Å². The fraction of sp³-hybridized carbons (Fsp3) is 0.385. The second kappa shape index (κ2) is 3.96. The first-order valence-electron chi connectivity index (χ1n) is 5.93. The molecule has 0 aromatic heterocycles. The van der Waals surface area contributed by atoms with Gasteiger partial charge in [0, 0.05) is 12.6 Å². The van der Waals surface area contributed by atoms with Gasteiger partial charge >= 0.3 is 0 Å². The predicted molar refractivity (Wildman–Crippen MR) is 66.0 cm³/mol. The number of nitrogens with zero attached hydrogens (tertiary/aromatic N) is 1. The highest BCUT2D eigenvalue weighted by molar-refractivity contribution is 7.89. The van der Waals surface area contributed by atoms with Crippen molar-refractivity contribution in [2.24, 2.45) is 5.92 Å². The number of hydrogen-bond acceptors (Lipinski definition) is 2. The Kier molecular flexibility index (Phi) is 2.56. The zero-order valence-corrected chi connectivity index (χ0v) is 10.3. The van der Waals surface area contributed by atoms with Gasteiger partial charge in [0.25, 0.3) is 0 Å². The molecular weight excluding hydrogens is 234 g/mol. The molecule has 1 aromatic carbocycles. The zero-order chi connectivity index (χ0) is 11.9. The highest BCUT2D eigenvalue weighted by Crippen LogP contribution is 2.34. The smallest absolute Gasteiger partial charge is 0.207 e. The third-order valence-corrected chi connectivity index (χ3v) is 5.53. The topological polar surface area (TPSA) is 37.4 Å². The average Bonchev–Trinajstić information content (AvgIpc) is 2.71. The molecule has 0 spiro atoms. The summed E-state index contributed by atoms with van der Waals surface area (Å²) in [6, 6.07) is 8.77. The van der Waals surface area contributed by atoms with E-state index in [1.165, 1.54) is 0 Å². The first-order valence-corrected chi connectivity index (χ1v) is 7.37. The summed E-state index contributed by atoms with van der Waals surface area (Å²) in [4.78, 5) is 0.402. The summed E-state index contributed by atoms with van der Waals surface area (Å²) in [5.41, 5.74) is 0. The Morgan fingerprint density at radius 2 is 1.88 bits per heavy atom. The molecular formula is C13H15NO2S. The Morgan fingerprint density at radius 3 is 2.65 bits per heavy atom. The van der Waals surface area contributed by atoms with Gasteiger partial charge in [-0.3, -0.25) is 0 Å². The summed E-state index contributed by atoms with van der Waals surface area (Å²) < 4.78 is 26.6. The van der Waals surface area contributed by atoms with Gasteiger partial charge in [-0.2, -0.15) is 4.31 Å². The Morgan fingerprint density at radius 1 is 1.12 bits per heavy atom. The summed E-state index contributed by atoms with van der Waals surface area (Å²) in [6.45, 7) is 0.638. The van der Waals surface area contributed by atoms with E-state index in [9.17, 15) is 8.42 Å². The number of hydrogen-bond donors (Lipinski definition) is 0. The van der Waals surface area contributed by atoms with Crippen molar-refractivity contribution in [3.63, 3.8) is 0 Å². The van der Waals surface area contributed by atoms with Crippen LogP contribution in [0, 0.1) is 5.92 Å². The van der Waals surface area contributed by atoms with E-state index in [-0.39, 0.29) is 6.04 Å². The molecule has 2 atom stereocenters. The van der Waals surface area contributed by atoms with E-state index >= 15 is 0 Å². The molecule has 0 N–H and O–H groups in total. The molecule has 1 saturated heterocycles. The first kappa shape index (κ1) is 11.0. The molecule has 0 unspecified atom stereocenters. The van der Waals surface area contributed by atoms with E-state index in [0.717, 1.165) is 12.8 Å². The predicted octanol–water partition coefficient (Wildman–Crippen LogP) is 2.03. The van der Waals surface area contributed by atoms with Gasteiger partial charge < -0.3 is 0 Å². The second-order valence-electron chi connectivity index (χ2n) is 4.67. The Bertz CT molecular complexity index is 536. The van der Waals surface area contributed by atoms with Crippen molar-refractivity contribution in [1.29, 1.82) is 0 Å². The van der Waals surface area contributed by atoms with E-state index in [2.05, 4.69) is 6.08 Å². The van der Waals surface area contributed by atoms with Crippen LogP contribution in [0.3, 0.4) is 0 Å². The maximum atomic E-state index is 12.5. The lowest BCUT2D eigenvalue weighted by Crippen LogP contribution is -2.42. The molecule has 3 rings (SSSR count). The fourth-order valence-electron chi connectivity index (χ4n) is 2.67. The minimum Gasteiger partial charge on any atom is -0.207 e. The molecule has 1 aliphatic carbocycles. The van der Waals surface area contributed by atoms with Crippen molar-refractivity contribution in [2.45, 2.75) is 23.8 Å². The Hall–Kier alpha value is -1.13. The van der Waals surface area contributed by atoms with Crippen LogP contribution < -0.4 is 0 Å². The number of benzene rings is 1. The van der Waals surface area contributed by atoms with Gasteiger partial charge in [-0.15, -0.1) is 0 Å². The molecule has 2 aliphatic rings. The lowest BCUT2D eigenvalue weighted by Gasteiger charge is -2.32. The summed E-state index contributed by atoms with van der Waals surface area (Å²) >= 11 is 0. The van der Waals surface area contributed by atoms with Gasteiger partial charge in [0.1, 0.15) is 0 Å². The number of piperidine rings is 1. The first-order chi connectivity index (χ1) is 8.18. The maximum absolute atomic E-state index is 12.5. The van der Waals surface area contributed by atoms with Crippen LogP contribution in [0.15, 0.2) is 47.4 Å². The van der Waals surface area contributed by atoms with Crippen molar-refractivity contribution in [3.8, 4) is 0 Å². The molecule has 1 aliphatic heterocycles. The molecule has 4 heteroatoms. The maximum Gasteiger partial charge on any atom is 0.243 e. The normalized spacial score (nSPS) is 28.5. The van der Waals surface area contributed by atoms with Crippen LogP contribution in [0.5, 0.6) is 0 Å². The van der Waals surface area contributed by atoms with Crippen molar-refractivity contribution in [2.75, 3.05) is 6.54 Å². The monoisotopic (exact) mass is 249 g/mol. The summed E-state index contributed by atoms with van der Waals surface area (Å²) in [7, 11) is -3.31. The van der Waals surface area contributed by atoms with E-state index in [1.54, 1.807) is 28.6 Å². The van der Waals surface area contributed by atoms with Gasteiger partial charge in [0.2, 0.25) is 10.0 Å². The third-order valence-electron chi connectivity index (χ3n) is 3.59. The van der Waals surface area contributed by atoms with Crippen LogP contribution in [0.2, 0.25) is 0 Å². The van der Waals surface area contributed by atoms with Crippen LogP contribution in [0.1, 0.15) is 12.8 Å². The number of fused-ring (bicyclic) bond motifs is 2. The van der Waals surface area contributed by atoms with Crippen LogP contribution in [0.4, 0.5) is 0 Å². The van der Waals surface area contributed by atoms with Gasteiger partial charge in [-0.25, -0.2) is 8.42 Å². The number of rotatable bonds is 2. The van der Waals surface area contributed by atoms with Gasteiger partial charge in [-0.05, 0) is 30.9 Å². The minimum atomic E-state index is -3.31. The van der Waals surface area contributed by atoms with E-state index in [4.69, 9.17) is 0 Å². The third kappa shape index (κ3) is 1.81. The van der Waals surface area contributed by atoms with Gasteiger partial charge in [0.05, 0.1) is 4.90 Å². The van der Waals surface area contributed by atoms with Crippen molar-refractivity contribution >= 4 is 10.0 Å². The van der Waals surface area contributed by atoms with Crippen molar-refractivity contribution in [3.05, 3.63) is 42.5 Å². The van der Waals surface area contributed by atoms with Crippen molar-refractivity contribution in [1.82, 2.24) is 4.31 Å². The SMILES string of the molecule is O=S(=O)(c1ccccc1)N1CC[C@H]2C=C[C@@H]1C2. The lowest BCUT2D eigenvalue weighted by atomic mass is 10.0. The second-order valence-corrected chi connectivity index (χ2v) is 6.56. The standard InChI is InChI=1S/C13H15NO2S/c15-17(16,13-4-2-1-3-5-13)14-9-8-11-6-7-12(14)10-11/h1-7,11-12H,8-10H2/t11-,12-/m1/s1. The zero-order valence-electron chi connectivity index (χ0n) is 9.49. The van der Waals surface area contributed by atoms with Crippen LogP contribution in [0.25, 0.3) is 0 Å². The molecule has 1 heterocycles. The molecule has 2 bridgehead atoms.